The Bertz CT molecular complexity index is 749. The van der Waals surface area contributed by atoms with E-state index in [9.17, 15) is 13.2 Å². The van der Waals surface area contributed by atoms with E-state index in [1.54, 1.807) is 18.2 Å². The van der Waals surface area contributed by atoms with E-state index < -0.39 is 10.0 Å². The Morgan fingerprint density at radius 1 is 1.13 bits per heavy atom. The molecule has 8 heteroatoms. The van der Waals surface area contributed by atoms with Gasteiger partial charge >= 0.3 is 0 Å². The Kier molecular flexibility index (Phi) is 5.95. The summed E-state index contributed by atoms with van der Waals surface area (Å²) in [5.41, 5.74) is 0.529. The second kappa shape index (κ2) is 7.94. The Labute approximate surface area is 139 Å². The molecule has 1 aromatic carbocycles. The van der Waals surface area contributed by atoms with E-state index in [0.29, 0.717) is 24.4 Å². The zero-order valence-electron chi connectivity index (χ0n) is 12.2. The average Bonchev–Trinajstić information content (AvgIpc) is 2.54. The number of pyridine rings is 1. The zero-order chi connectivity index (χ0) is 16.7. The molecule has 0 saturated heterocycles. The number of hydrogen-bond donors (Lipinski definition) is 2. The molecule has 6 nitrogen and oxygen atoms in total. The number of sulfonamides is 1. The van der Waals surface area contributed by atoms with Crippen LogP contribution in [0, 0.1) is 0 Å². The first-order valence-electron chi connectivity index (χ1n) is 6.91. The predicted molar refractivity (Wildman–Crippen MR) is 90.1 cm³/mol. The SMILES string of the molecule is O=C(CCCCl)Nc1ccc(S(=O)(=O)Nc2ccccn2)cc1. The molecule has 1 heterocycles. The molecule has 0 unspecified atom stereocenters. The van der Waals surface area contributed by atoms with E-state index >= 15 is 0 Å². The molecule has 0 aliphatic carbocycles. The van der Waals surface area contributed by atoms with Crippen LogP contribution in [0.3, 0.4) is 0 Å². The average molecular weight is 354 g/mol. The molecule has 2 N–H and O–H groups in total. The van der Waals surface area contributed by atoms with Gasteiger partial charge in [0.1, 0.15) is 5.82 Å². The van der Waals surface area contributed by atoms with E-state index in [1.807, 2.05) is 0 Å². The lowest BCUT2D eigenvalue weighted by Gasteiger charge is -2.08. The van der Waals surface area contributed by atoms with Crippen LogP contribution in [0.15, 0.2) is 53.6 Å². The fourth-order valence-corrected chi connectivity index (χ4v) is 2.93. The van der Waals surface area contributed by atoms with Gasteiger partial charge in [0, 0.05) is 24.2 Å². The Morgan fingerprint density at radius 3 is 2.48 bits per heavy atom. The van der Waals surface area contributed by atoms with Gasteiger partial charge in [-0.15, -0.1) is 11.6 Å². The first-order chi connectivity index (χ1) is 11.0. The molecule has 0 bridgehead atoms. The number of carbonyl (C=O) groups is 1. The molecule has 1 aromatic heterocycles. The molecule has 2 rings (SSSR count). The number of alkyl halides is 1. The fourth-order valence-electron chi connectivity index (χ4n) is 1.79. The number of anilines is 2. The molecule has 0 fully saturated rings. The Morgan fingerprint density at radius 2 is 1.87 bits per heavy atom. The Hall–Kier alpha value is -2.12. The number of halogens is 1. The fraction of sp³-hybridized carbons (Fsp3) is 0.200. The highest BCUT2D eigenvalue weighted by atomic mass is 35.5. The minimum absolute atomic E-state index is 0.0851. The van der Waals surface area contributed by atoms with Crippen LogP contribution < -0.4 is 10.0 Å². The van der Waals surface area contributed by atoms with Gasteiger partial charge in [0.05, 0.1) is 4.90 Å². The third-order valence-electron chi connectivity index (χ3n) is 2.89. The van der Waals surface area contributed by atoms with Crippen LogP contribution in [0.4, 0.5) is 11.5 Å². The van der Waals surface area contributed by atoms with Gasteiger partial charge in [0.15, 0.2) is 0 Å². The molecular formula is C15H16ClN3O3S. The van der Waals surface area contributed by atoms with Crippen molar-refractivity contribution >= 4 is 39.0 Å². The quantitative estimate of drug-likeness (QED) is 0.749. The van der Waals surface area contributed by atoms with Crippen molar-refractivity contribution in [2.75, 3.05) is 15.9 Å². The van der Waals surface area contributed by atoms with Crippen LogP contribution in [0.2, 0.25) is 0 Å². The number of benzene rings is 1. The van der Waals surface area contributed by atoms with Crippen molar-refractivity contribution < 1.29 is 13.2 Å². The van der Waals surface area contributed by atoms with Gasteiger partial charge in [-0.2, -0.15) is 0 Å². The molecule has 1 amide bonds. The molecule has 0 saturated carbocycles. The van der Waals surface area contributed by atoms with E-state index in [0.717, 1.165) is 0 Å². The van der Waals surface area contributed by atoms with Gasteiger partial charge in [-0.05, 0) is 42.8 Å². The summed E-state index contributed by atoms with van der Waals surface area (Å²) in [5, 5.41) is 2.68. The summed E-state index contributed by atoms with van der Waals surface area (Å²) in [5.74, 6) is 0.503. The minimum Gasteiger partial charge on any atom is -0.326 e. The molecule has 0 spiro atoms. The molecule has 2 aromatic rings. The largest absolute Gasteiger partial charge is 0.326 e. The number of aromatic nitrogens is 1. The number of nitrogens with zero attached hydrogens (tertiary/aromatic N) is 1. The topological polar surface area (TPSA) is 88.2 Å². The number of amides is 1. The molecule has 23 heavy (non-hydrogen) atoms. The molecule has 0 radical (unpaired) electrons. The van der Waals surface area contributed by atoms with Crippen molar-refractivity contribution in [1.29, 1.82) is 0 Å². The maximum absolute atomic E-state index is 12.2. The summed E-state index contributed by atoms with van der Waals surface area (Å²) in [6.45, 7) is 0. The van der Waals surface area contributed by atoms with Crippen LogP contribution >= 0.6 is 11.6 Å². The highest BCUT2D eigenvalue weighted by Crippen LogP contribution is 2.17. The van der Waals surface area contributed by atoms with Crippen LogP contribution in [0.5, 0.6) is 0 Å². The van der Waals surface area contributed by atoms with E-state index in [1.165, 1.54) is 30.5 Å². The van der Waals surface area contributed by atoms with Gasteiger partial charge in [-0.3, -0.25) is 9.52 Å². The van der Waals surface area contributed by atoms with Gasteiger partial charge in [-0.1, -0.05) is 6.07 Å². The first-order valence-corrected chi connectivity index (χ1v) is 8.93. The highest BCUT2D eigenvalue weighted by Gasteiger charge is 2.14. The predicted octanol–water partition coefficient (Wildman–Crippen LogP) is 2.84. The number of carbonyl (C=O) groups excluding carboxylic acids is 1. The van der Waals surface area contributed by atoms with E-state index in [2.05, 4.69) is 15.0 Å². The molecule has 0 atom stereocenters. The normalized spacial score (nSPS) is 11.0. The summed E-state index contributed by atoms with van der Waals surface area (Å²) in [4.78, 5) is 15.6. The van der Waals surface area contributed by atoms with Gasteiger partial charge in [0.25, 0.3) is 10.0 Å². The second-order valence-corrected chi connectivity index (χ2v) is 6.75. The van der Waals surface area contributed by atoms with Gasteiger partial charge in [-0.25, -0.2) is 13.4 Å². The second-order valence-electron chi connectivity index (χ2n) is 4.69. The van der Waals surface area contributed by atoms with Crippen LogP contribution in [0.25, 0.3) is 0 Å². The summed E-state index contributed by atoms with van der Waals surface area (Å²) >= 11 is 5.53. The minimum atomic E-state index is -3.72. The zero-order valence-corrected chi connectivity index (χ0v) is 13.8. The first kappa shape index (κ1) is 17.2. The smallest absolute Gasteiger partial charge is 0.263 e. The molecule has 0 aliphatic rings. The number of hydrogen-bond acceptors (Lipinski definition) is 4. The van der Waals surface area contributed by atoms with E-state index in [-0.39, 0.29) is 16.6 Å². The summed E-state index contributed by atoms with van der Waals surface area (Å²) < 4.78 is 26.8. The van der Waals surface area contributed by atoms with E-state index in [4.69, 9.17) is 11.6 Å². The maximum atomic E-state index is 12.2. The van der Waals surface area contributed by atoms with Crippen LogP contribution in [-0.4, -0.2) is 25.2 Å². The van der Waals surface area contributed by atoms with Crippen molar-refractivity contribution in [3.05, 3.63) is 48.7 Å². The standard InChI is InChI=1S/C15H16ClN3O3S/c16-10-3-5-15(20)18-12-6-8-13(9-7-12)23(21,22)19-14-4-1-2-11-17-14/h1-2,4,6-9,11H,3,5,10H2,(H,17,19)(H,18,20). The number of rotatable bonds is 7. The Balaban J connectivity index is 2.05. The molecule has 122 valence electrons. The van der Waals surface area contributed by atoms with Gasteiger partial charge < -0.3 is 5.32 Å². The molecular weight excluding hydrogens is 338 g/mol. The number of nitrogens with one attached hydrogen (secondary N) is 2. The summed E-state index contributed by atoms with van der Waals surface area (Å²) in [7, 11) is -3.72. The van der Waals surface area contributed by atoms with Crippen LogP contribution in [-0.2, 0) is 14.8 Å². The lowest BCUT2D eigenvalue weighted by molar-refractivity contribution is -0.116. The summed E-state index contributed by atoms with van der Waals surface area (Å²) in [6, 6.07) is 10.8. The lowest BCUT2D eigenvalue weighted by atomic mass is 10.3. The summed E-state index contributed by atoms with van der Waals surface area (Å²) in [6.07, 6.45) is 2.41. The lowest BCUT2D eigenvalue weighted by Crippen LogP contribution is -2.14. The monoisotopic (exact) mass is 353 g/mol. The van der Waals surface area contributed by atoms with Crippen molar-refractivity contribution in [1.82, 2.24) is 4.98 Å². The third-order valence-corrected chi connectivity index (χ3v) is 4.53. The third kappa shape index (κ3) is 5.22. The van der Waals surface area contributed by atoms with Crippen LogP contribution in [0.1, 0.15) is 12.8 Å². The van der Waals surface area contributed by atoms with Crippen molar-refractivity contribution in [3.63, 3.8) is 0 Å². The van der Waals surface area contributed by atoms with Crippen molar-refractivity contribution in [2.24, 2.45) is 0 Å². The molecule has 0 aliphatic heterocycles. The van der Waals surface area contributed by atoms with Crippen molar-refractivity contribution in [2.45, 2.75) is 17.7 Å². The maximum Gasteiger partial charge on any atom is 0.263 e. The van der Waals surface area contributed by atoms with Crippen molar-refractivity contribution in [3.8, 4) is 0 Å². The highest BCUT2D eigenvalue weighted by molar-refractivity contribution is 7.92. The van der Waals surface area contributed by atoms with Gasteiger partial charge in [0.2, 0.25) is 5.91 Å².